The smallest absolute Gasteiger partial charge is 0.220 e. The molecule has 1 amide bonds. The lowest BCUT2D eigenvalue weighted by Crippen LogP contribution is -2.45. The van der Waals surface area contributed by atoms with Gasteiger partial charge in [-0.05, 0) is 83.5 Å². The second kappa shape index (κ2) is 62.1. The first-order chi connectivity index (χ1) is 35.2. The van der Waals surface area contributed by atoms with Crippen molar-refractivity contribution in [1.82, 2.24) is 5.32 Å². The van der Waals surface area contributed by atoms with Gasteiger partial charge < -0.3 is 15.5 Å². The van der Waals surface area contributed by atoms with Crippen LogP contribution in [0.2, 0.25) is 0 Å². The summed E-state index contributed by atoms with van der Waals surface area (Å²) in [5.74, 6) is -0.0769. The van der Waals surface area contributed by atoms with E-state index in [1.165, 1.54) is 257 Å². The summed E-state index contributed by atoms with van der Waals surface area (Å²) in [5, 5.41) is 23.2. The molecule has 414 valence electrons. The molecule has 0 aromatic heterocycles. The molecule has 0 heterocycles. The van der Waals surface area contributed by atoms with Crippen LogP contribution in [-0.4, -0.2) is 34.9 Å². The van der Waals surface area contributed by atoms with Crippen LogP contribution in [0.1, 0.15) is 328 Å². The molecule has 0 saturated heterocycles. The number of amides is 1. The summed E-state index contributed by atoms with van der Waals surface area (Å²) in [7, 11) is 0. The maximum absolute atomic E-state index is 12.5. The Kier molecular flexibility index (Phi) is 60.2. The molecule has 0 bridgehead atoms. The molecule has 0 spiro atoms. The van der Waals surface area contributed by atoms with Crippen LogP contribution in [0.15, 0.2) is 72.9 Å². The third kappa shape index (κ3) is 58.6. The fourth-order valence-corrected chi connectivity index (χ4v) is 9.57. The highest BCUT2D eigenvalue weighted by Gasteiger charge is 2.18. The maximum atomic E-state index is 12.5. The molecule has 0 fully saturated rings. The van der Waals surface area contributed by atoms with Gasteiger partial charge in [0.05, 0.1) is 18.8 Å². The van der Waals surface area contributed by atoms with Crippen molar-refractivity contribution in [2.75, 3.05) is 6.61 Å². The van der Waals surface area contributed by atoms with E-state index in [9.17, 15) is 15.0 Å². The van der Waals surface area contributed by atoms with Gasteiger partial charge in [-0.15, -0.1) is 0 Å². The van der Waals surface area contributed by atoms with Gasteiger partial charge >= 0.3 is 0 Å². The largest absolute Gasteiger partial charge is 0.394 e. The van der Waals surface area contributed by atoms with Crippen molar-refractivity contribution in [2.24, 2.45) is 0 Å². The van der Waals surface area contributed by atoms with E-state index in [1.54, 1.807) is 6.08 Å². The third-order valence-corrected chi connectivity index (χ3v) is 14.4. The van der Waals surface area contributed by atoms with E-state index in [0.29, 0.717) is 6.42 Å². The van der Waals surface area contributed by atoms with Crippen molar-refractivity contribution < 1.29 is 15.0 Å². The number of nitrogens with one attached hydrogen (secondary N) is 1. The van der Waals surface area contributed by atoms with Crippen LogP contribution in [0, 0.1) is 0 Å². The number of aliphatic hydroxyl groups is 2. The average Bonchev–Trinajstić information content (AvgIpc) is 3.37. The predicted molar refractivity (Wildman–Crippen MR) is 317 cm³/mol. The number of carbonyl (C=O) groups excluding carboxylic acids is 1. The predicted octanol–water partition coefficient (Wildman–Crippen LogP) is 21.3. The number of hydrogen-bond donors (Lipinski definition) is 3. The summed E-state index contributed by atoms with van der Waals surface area (Å²) in [6.45, 7) is 4.31. The molecule has 0 saturated carbocycles. The van der Waals surface area contributed by atoms with Crippen molar-refractivity contribution in [3.05, 3.63) is 72.9 Å². The first-order valence-electron chi connectivity index (χ1n) is 31.7. The van der Waals surface area contributed by atoms with Crippen LogP contribution >= 0.6 is 0 Å². The van der Waals surface area contributed by atoms with E-state index in [2.05, 4.69) is 79.9 Å². The second-order valence-corrected chi connectivity index (χ2v) is 21.5. The number of aliphatic hydroxyl groups excluding tert-OH is 2. The van der Waals surface area contributed by atoms with Crippen molar-refractivity contribution in [2.45, 2.75) is 341 Å². The van der Waals surface area contributed by atoms with Gasteiger partial charge in [0.15, 0.2) is 0 Å². The van der Waals surface area contributed by atoms with Gasteiger partial charge in [0, 0.05) is 6.42 Å². The molecule has 0 aliphatic carbocycles. The summed E-state index contributed by atoms with van der Waals surface area (Å²) >= 11 is 0. The van der Waals surface area contributed by atoms with Crippen molar-refractivity contribution >= 4 is 5.91 Å². The fraction of sp³-hybridized carbons (Fsp3) is 0.806. The van der Waals surface area contributed by atoms with Crippen molar-refractivity contribution in [3.8, 4) is 0 Å². The summed E-state index contributed by atoms with van der Waals surface area (Å²) in [4.78, 5) is 12.5. The molecule has 0 aliphatic rings. The second-order valence-electron chi connectivity index (χ2n) is 21.5. The Hall–Kier alpha value is -2.17. The molecule has 0 rings (SSSR count). The Labute approximate surface area is 444 Å². The van der Waals surface area contributed by atoms with Gasteiger partial charge in [0.1, 0.15) is 0 Å². The normalized spacial score (nSPS) is 13.2. The standard InChI is InChI=1S/C67H123NO3/c1-3-5-7-9-11-13-15-17-19-21-23-25-27-29-31-33-35-36-38-40-42-44-46-48-50-52-54-56-58-60-62-66(70)65(64-69)68-67(71)63-61-59-57-55-53-51-49-47-45-43-41-39-37-34-32-30-28-26-24-22-20-18-16-14-12-10-8-6-4-2/h16,18,22,24,28,30,44,46,52,54,60,62,65-66,69-70H,3-15,17,19-21,23,25-27,29,31-43,45,47-51,53,55-59,61,63-64H2,1-2H3,(H,68,71)/b18-16-,24-22-,30-28-,46-44+,54-52+,62-60+. The summed E-state index contributed by atoms with van der Waals surface area (Å²) in [6, 6.07) is -0.651. The molecule has 71 heavy (non-hydrogen) atoms. The SMILES string of the molecule is CCCCCCC/C=C\C/C=C\C/C=C\CCCCCCCCCCCCCCCCC(=O)NC(CO)C(O)/C=C/CC/C=C/CC/C=C/CCCCCCCCCCCCCCCCCCCCCC. The van der Waals surface area contributed by atoms with Gasteiger partial charge in [0.2, 0.25) is 5.91 Å². The van der Waals surface area contributed by atoms with Crippen molar-refractivity contribution in [3.63, 3.8) is 0 Å². The monoisotopic (exact) mass is 990 g/mol. The van der Waals surface area contributed by atoms with Gasteiger partial charge in [-0.2, -0.15) is 0 Å². The maximum Gasteiger partial charge on any atom is 0.220 e. The molecule has 0 aliphatic heterocycles. The highest BCUT2D eigenvalue weighted by atomic mass is 16.3. The Morgan fingerprint density at radius 1 is 0.338 bits per heavy atom. The molecule has 0 radical (unpaired) electrons. The number of unbranched alkanes of at least 4 members (excludes halogenated alkanes) is 41. The van der Waals surface area contributed by atoms with Gasteiger partial charge in [-0.3, -0.25) is 4.79 Å². The number of rotatable bonds is 58. The Balaban J connectivity index is 3.54. The highest BCUT2D eigenvalue weighted by molar-refractivity contribution is 5.76. The number of carbonyl (C=O) groups is 1. The summed E-state index contributed by atoms with van der Waals surface area (Å²) < 4.78 is 0. The zero-order valence-electron chi connectivity index (χ0n) is 47.7. The van der Waals surface area contributed by atoms with E-state index in [1.807, 2.05) is 6.08 Å². The van der Waals surface area contributed by atoms with E-state index in [0.717, 1.165) is 51.4 Å². The van der Waals surface area contributed by atoms with Crippen LogP contribution in [0.25, 0.3) is 0 Å². The minimum absolute atomic E-state index is 0.0769. The molecule has 4 nitrogen and oxygen atoms in total. The third-order valence-electron chi connectivity index (χ3n) is 14.4. The molecular weight excluding hydrogens is 867 g/mol. The van der Waals surface area contributed by atoms with Crippen molar-refractivity contribution in [1.29, 1.82) is 0 Å². The highest BCUT2D eigenvalue weighted by Crippen LogP contribution is 2.17. The quantitative estimate of drug-likeness (QED) is 0.0420. The van der Waals surface area contributed by atoms with Crippen LogP contribution in [0.4, 0.5) is 0 Å². The van der Waals surface area contributed by atoms with Gasteiger partial charge in [-0.25, -0.2) is 0 Å². The first-order valence-corrected chi connectivity index (χ1v) is 31.7. The van der Waals surface area contributed by atoms with Gasteiger partial charge in [-0.1, -0.05) is 311 Å². The lowest BCUT2D eigenvalue weighted by Gasteiger charge is -2.19. The molecule has 4 heteroatoms. The van der Waals surface area contributed by atoms with Crippen LogP contribution in [0.5, 0.6) is 0 Å². The first kappa shape index (κ1) is 68.8. The van der Waals surface area contributed by atoms with Gasteiger partial charge in [0.25, 0.3) is 0 Å². The Morgan fingerprint density at radius 3 is 0.915 bits per heavy atom. The molecular formula is C67H123NO3. The number of allylic oxidation sites excluding steroid dienone is 11. The van der Waals surface area contributed by atoms with E-state index in [4.69, 9.17) is 0 Å². The molecule has 0 aromatic rings. The van der Waals surface area contributed by atoms with Crippen LogP contribution in [0.3, 0.4) is 0 Å². The van der Waals surface area contributed by atoms with E-state index in [-0.39, 0.29) is 12.5 Å². The Morgan fingerprint density at radius 2 is 0.592 bits per heavy atom. The van der Waals surface area contributed by atoms with Crippen LogP contribution in [-0.2, 0) is 4.79 Å². The minimum Gasteiger partial charge on any atom is -0.394 e. The summed E-state index contributed by atoms with van der Waals surface area (Å²) in [5.41, 5.74) is 0. The van der Waals surface area contributed by atoms with Crippen LogP contribution < -0.4 is 5.32 Å². The number of hydrogen-bond acceptors (Lipinski definition) is 3. The molecule has 2 unspecified atom stereocenters. The lowest BCUT2D eigenvalue weighted by molar-refractivity contribution is -0.123. The minimum atomic E-state index is -0.875. The Bertz CT molecular complexity index is 1210. The average molecular weight is 991 g/mol. The molecule has 3 N–H and O–H groups in total. The fourth-order valence-electron chi connectivity index (χ4n) is 9.57. The van der Waals surface area contributed by atoms with E-state index >= 15 is 0 Å². The van der Waals surface area contributed by atoms with E-state index < -0.39 is 12.1 Å². The lowest BCUT2D eigenvalue weighted by atomic mass is 10.0. The molecule has 2 atom stereocenters. The zero-order valence-corrected chi connectivity index (χ0v) is 47.7. The summed E-state index contributed by atoms with van der Waals surface area (Å²) in [6.07, 6.45) is 89.5. The molecule has 0 aromatic carbocycles. The zero-order chi connectivity index (χ0) is 51.3. The topological polar surface area (TPSA) is 69.6 Å².